The molecule has 0 aromatic heterocycles. The Morgan fingerprint density at radius 2 is 1.90 bits per heavy atom. The lowest BCUT2D eigenvalue weighted by atomic mass is 10.1. The van der Waals surface area contributed by atoms with Crippen LogP contribution < -0.4 is 11.1 Å². The molecule has 0 atom stereocenters. The van der Waals surface area contributed by atoms with Crippen molar-refractivity contribution in [3.8, 4) is 0 Å². The average Bonchev–Trinajstić information content (AvgIpc) is 2.48. The number of rotatable bonds is 7. The van der Waals surface area contributed by atoms with Crippen LogP contribution in [-0.2, 0) is 16.0 Å². The number of anilines is 2. The highest BCUT2D eigenvalue weighted by Gasteiger charge is 2.02. The Bertz CT molecular complexity index is 570. The summed E-state index contributed by atoms with van der Waals surface area (Å²) in [6.45, 7) is 0.628. The van der Waals surface area contributed by atoms with Gasteiger partial charge in [-0.3, -0.25) is 4.79 Å². The molecule has 0 saturated carbocycles. The number of nitrogens with one attached hydrogen (secondary N) is 1. The molecule has 0 bridgehead atoms. The third-order valence-corrected chi connectivity index (χ3v) is 3.00. The number of aryl methyl sites for hydroxylation is 1. The van der Waals surface area contributed by atoms with Gasteiger partial charge in [-0.05, 0) is 36.6 Å². The Morgan fingerprint density at radius 3 is 2.67 bits per heavy atom. The van der Waals surface area contributed by atoms with Crippen LogP contribution in [0.25, 0.3) is 0 Å². The molecular weight excluding hydrogens is 264 g/mol. The predicted molar refractivity (Wildman–Crippen MR) is 85.1 cm³/mol. The van der Waals surface area contributed by atoms with Crippen molar-refractivity contribution in [2.24, 2.45) is 0 Å². The second-order valence-electron chi connectivity index (χ2n) is 4.82. The van der Waals surface area contributed by atoms with Gasteiger partial charge in [0.05, 0.1) is 0 Å². The molecule has 0 aliphatic heterocycles. The van der Waals surface area contributed by atoms with Crippen molar-refractivity contribution in [2.45, 2.75) is 12.8 Å². The van der Waals surface area contributed by atoms with Gasteiger partial charge in [-0.1, -0.05) is 36.4 Å². The van der Waals surface area contributed by atoms with Crippen LogP contribution in [0.2, 0.25) is 0 Å². The molecule has 2 rings (SSSR count). The van der Waals surface area contributed by atoms with Crippen LogP contribution in [0.4, 0.5) is 11.4 Å². The maximum Gasteiger partial charge on any atom is 0.250 e. The van der Waals surface area contributed by atoms with E-state index >= 15 is 0 Å². The van der Waals surface area contributed by atoms with E-state index in [1.165, 1.54) is 5.56 Å². The molecule has 2 aromatic carbocycles. The summed E-state index contributed by atoms with van der Waals surface area (Å²) in [5.41, 5.74) is 8.24. The van der Waals surface area contributed by atoms with E-state index in [0.29, 0.717) is 18.0 Å². The largest absolute Gasteiger partial charge is 0.399 e. The van der Waals surface area contributed by atoms with Crippen molar-refractivity contribution >= 4 is 17.3 Å². The number of hydrogen-bond donors (Lipinski definition) is 2. The molecule has 4 nitrogen and oxygen atoms in total. The number of amides is 1. The Hall–Kier alpha value is -2.33. The van der Waals surface area contributed by atoms with Crippen LogP contribution in [-0.4, -0.2) is 19.1 Å². The van der Waals surface area contributed by atoms with Crippen LogP contribution in [0.5, 0.6) is 0 Å². The van der Waals surface area contributed by atoms with E-state index in [0.717, 1.165) is 12.8 Å². The molecule has 4 heteroatoms. The van der Waals surface area contributed by atoms with Crippen LogP contribution in [0.15, 0.2) is 54.6 Å². The molecule has 0 spiro atoms. The summed E-state index contributed by atoms with van der Waals surface area (Å²) in [5, 5.41) is 2.75. The first kappa shape index (κ1) is 15.1. The van der Waals surface area contributed by atoms with Crippen LogP contribution >= 0.6 is 0 Å². The summed E-state index contributed by atoms with van der Waals surface area (Å²) in [6.07, 6.45) is 1.85. The molecule has 0 saturated heterocycles. The lowest BCUT2D eigenvalue weighted by molar-refractivity contribution is -0.120. The van der Waals surface area contributed by atoms with Gasteiger partial charge in [0, 0.05) is 18.0 Å². The first-order chi connectivity index (χ1) is 10.2. The first-order valence-electron chi connectivity index (χ1n) is 7.01. The fraction of sp³-hybridized carbons (Fsp3) is 0.235. The number of ether oxygens (including phenoxy) is 1. The number of nitrogens with two attached hydrogens (primary N) is 1. The minimum atomic E-state index is -0.166. The zero-order chi connectivity index (χ0) is 14.9. The topological polar surface area (TPSA) is 64.3 Å². The standard InChI is InChI=1S/C17H20N2O2/c18-15-9-4-10-16(12-15)19-17(20)13-21-11-5-8-14-6-2-1-3-7-14/h1-4,6-7,9-10,12H,5,8,11,13,18H2,(H,19,20). The van der Waals surface area contributed by atoms with Gasteiger partial charge < -0.3 is 15.8 Å². The fourth-order valence-corrected chi connectivity index (χ4v) is 2.00. The van der Waals surface area contributed by atoms with Gasteiger partial charge in [0.25, 0.3) is 0 Å². The molecule has 0 aliphatic rings. The maximum atomic E-state index is 11.7. The number of carbonyl (C=O) groups excluding carboxylic acids is 1. The van der Waals surface area contributed by atoms with Gasteiger partial charge in [0.15, 0.2) is 0 Å². The van der Waals surface area contributed by atoms with Gasteiger partial charge >= 0.3 is 0 Å². The summed E-state index contributed by atoms with van der Waals surface area (Å²) in [6, 6.07) is 17.3. The molecule has 0 aliphatic carbocycles. The summed E-state index contributed by atoms with van der Waals surface area (Å²) in [4.78, 5) is 11.7. The summed E-state index contributed by atoms with van der Waals surface area (Å²) in [5.74, 6) is -0.166. The van der Waals surface area contributed by atoms with Gasteiger partial charge in [0.1, 0.15) is 6.61 Å². The normalized spacial score (nSPS) is 10.3. The Kier molecular flexibility index (Phi) is 5.79. The van der Waals surface area contributed by atoms with Crippen LogP contribution in [0.3, 0.4) is 0 Å². The lowest BCUT2D eigenvalue weighted by Gasteiger charge is -2.07. The van der Waals surface area contributed by atoms with Crippen molar-refractivity contribution in [3.05, 3.63) is 60.2 Å². The predicted octanol–water partition coefficient (Wildman–Crippen LogP) is 2.86. The van der Waals surface area contributed by atoms with Crippen molar-refractivity contribution < 1.29 is 9.53 Å². The fourth-order valence-electron chi connectivity index (χ4n) is 2.00. The minimum absolute atomic E-state index is 0.0591. The Balaban J connectivity index is 1.61. The average molecular weight is 284 g/mol. The van der Waals surface area contributed by atoms with E-state index in [1.54, 1.807) is 24.3 Å². The number of benzene rings is 2. The quantitative estimate of drug-likeness (QED) is 0.607. The molecule has 110 valence electrons. The highest BCUT2D eigenvalue weighted by molar-refractivity contribution is 5.92. The van der Waals surface area contributed by atoms with E-state index in [-0.39, 0.29) is 12.5 Å². The third-order valence-electron chi connectivity index (χ3n) is 3.00. The number of nitrogen functional groups attached to an aromatic ring is 1. The zero-order valence-electron chi connectivity index (χ0n) is 11.9. The van der Waals surface area contributed by atoms with E-state index in [2.05, 4.69) is 17.4 Å². The molecular formula is C17H20N2O2. The van der Waals surface area contributed by atoms with Crippen LogP contribution in [0.1, 0.15) is 12.0 Å². The van der Waals surface area contributed by atoms with E-state index in [4.69, 9.17) is 10.5 Å². The minimum Gasteiger partial charge on any atom is -0.399 e. The molecule has 21 heavy (non-hydrogen) atoms. The molecule has 0 unspecified atom stereocenters. The third kappa shape index (κ3) is 5.67. The van der Waals surface area contributed by atoms with Crippen molar-refractivity contribution in [3.63, 3.8) is 0 Å². The van der Waals surface area contributed by atoms with E-state index < -0.39 is 0 Å². The maximum absolute atomic E-state index is 11.7. The molecule has 1 amide bonds. The number of hydrogen-bond acceptors (Lipinski definition) is 3. The molecule has 0 fully saturated rings. The summed E-state index contributed by atoms with van der Waals surface area (Å²) in [7, 11) is 0. The highest BCUT2D eigenvalue weighted by Crippen LogP contribution is 2.11. The summed E-state index contributed by atoms with van der Waals surface area (Å²) < 4.78 is 5.38. The monoisotopic (exact) mass is 284 g/mol. The van der Waals surface area contributed by atoms with Gasteiger partial charge in [0.2, 0.25) is 5.91 Å². The zero-order valence-corrected chi connectivity index (χ0v) is 11.9. The van der Waals surface area contributed by atoms with Crippen molar-refractivity contribution in [1.29, 1.82) is 0 Å². The Morgan fingerprint density at radius 1 is 1.10 bits per heavy atom. The smallest absolute Gasteiger partial charge is 0.250 e. The van der Waals surface area contributed by atoms with Gasteiger partial charge in [-0.2, -0.15) is 0 Å². The lowest BCUT2D eigenvalue weighted by Crippen LogP contribution is -2.18. The second-order valence-corrected chi connectivity index (χ2v) is 4.82. The molecule has 0 radical (unpaired) electrons. The SMILES string of the molecule is Nc1cccc(NC(=O)COCCCc2ccccc2)c1. The van der Waals surface area contributed by atoms with Gasteiger partial charge in [-0.15, -0.1) is 0 Å². The molecule has 3 N–H and O–H groups in total. The van der Waals surface area contributed by atoms with Crippen molar-refractivity contribution in [1.82, 2.24) is 0 Å². The van der Waals surface area contributed by atoms with E-state index in [1.807, 2.05) is 18.2 Å². The van der Waals surface area contributed by atoms with E-state index in [9.17, 15) is 4.79 Å². The molecule has 0 heterocycles. The van der Waals surface area contributed by atoms with Gasteiger partial charge in [-0.25, -0.2) is 0 Å². The highest BCUT2D eigenvalue weighted by atomic mass is 16.5. The molecule has 2 aromatic rings. The Labute approximate surface area is 124 Å². The van der Waals surface area contributed by atoms with Crippen molar-refractivity contribution in [2.75, 3.05) is 24.3 Å². The second kappa shape index (κ2) is 8.07. The van der Waals surface area contributed by atoms with Crippen LogP contribution in [0, 0.1) is 0 Å². The summed E-state index contributed by atoms with van der Waals surface area (Å²) >= 11 is 0. The number of carbonyl (C=O) groups is 1. The first-order valence-corrected chi connectivity index (χ1v) is 7.01.